The zero-order chi connectivity index (χ0) is 13.9. The van der Waals surface area contributed by atoms with Gasteiger partial charge in [0.05, 0.1) is 0 Å². The van der Waals surface area contributed by atoms with E-state index >= 15 is 0 Å². The molecular weight excluding hydrogens is 335 g/mol. The topological polar surface area (TPSA) is 59.1 Å². The molecule has 1 fully saturated rings. The highest BCUT2D eigenvalue weighted by Gasteiger charge is 2.24. The molecule has 2 rings (SSSR count). The third-order valence-corrected chi connectivity index (χ3v) is 5.45. The van der Waals surface area contributed by atoms with Gasteiger partial charge < -0.3 is 0 Å². The number of nitrogens with one attached hydrogen (secondary N) is 1. The number of rotatable bonds is 4. The first kappa shape index (κ1) is 14.9. The quantitative estimate of drug-likeness (QED) is 0.848. The Bertz CT molecular complexity index is 538. The fourth-order valence-electron chi connectivity index (χ4n) is 2.28. The maximum Gasteiger partial charge on any atom is 0.261 e. The van der Waals surface area contributed by atoms with Gasteiger partial charge in [-0.05, 0) is 37.3 Å². The molecule has 2 atom stereocenters. The van der Waals surface area contributed by atoms with Crippen LogP contribution in [0.5, 0.6) is 0 Å². The van der Waals surface area contributed by atoms with Crippen LogP contribution in [0, 0.1) is 11.7 Å². The summed E-state index contributed by atoms with van der Waals surface area (Å²) in [5.74, 6) is -0.531. The van der Waals surface area contributed by atoms with Crippen molar-refractivity contribution < 1.29 is 12.8 Å². The maximum absolute atomic E-state index is 13.4. The van der Waals surface area contributed by atoms with Crippen molar-refractivity contribution in [3.63, 3.8) is 0 Å². The highest BCUT2D eigenvalue weighted by atomic mass is 79.9. The first-order valence-corrected chi connectivity index (χ1v) is 8.63. The molecule has 1 N–H and O–H groups in total. The van der Waals surface area contributed by atoms with E-state index in [1.54, 1.807) is 0 Å². The van der Waals surface area contributed by atoms with Gasteiger partial charge in [0.15, 0.2) is 5.82 Å². The molecule has 0 aliphatic heterocycles. The Hall–Kier alpha value is -0.530. The molecule has 4 nitrogen and oxygen atoms in total. The average molecular weight is 351 g/mol. The van der Waals surface area contributed by atoms with Crippen LogP contribution in [0.4, 0.5) is 4.39 Å². The zero-order valence-corrected chi connectivity index (χ0v) is 12.8. The van der Waals surface area contributed by atoms with Crippen LogP contribution in [0.25, 0.3) is 0 Å². The first-order valence-electron chi connectivity index (χ1n) is 6.23. The second kappa shape index (κ2) is 6.28. The highest BCUT2D eigenvalue weighted by Crippen LogP contribution is 2.28. The van der Waals surface area contributed by atoms with E-state index in [0.717, 1.165) is 31.7 Å². The molecule has 0 aromatic carbocycles. The van der Waals surface area contributed by atoms with Crippen molar-refractivity contribution in [2.75, 3.05) is 6.54 Å². The molecule has 1 aromatic heterocycles. The normalized spacial score (nSPS) is 24.3. The lowest BCUT2D eigenvalue weighted by Crippen LogP contribution is -2.32. The number of pyridine rings is 1. The Morgan fingerprint density at radius 2 is 2.26 bits per heavy atom. The lowest BCUT2D eigenvalue weighted by atomic mass is 9.89. The molecule has 1 aromatic rings. The number of halogens is 2. The van der Waals surface area contributed by atoms with E-state index in [2.05, 4.69) is 25.6 Å². The van der Waals surface area contributed by atoms with Crippen LogP contribution in [-0.4, -0.2) is 24.8 Å². The highest BCUT2D eigenvalue weighted by molar-refractivity contribution is 9.09. The molecule has 106 valence electrons. The van der Waals surface area contributed by atoms with Gasteiger partial charge in [-0.1, -0.05) is 22.4 Å². The molecule has 2 unspecified atom stereocenters. The van der Waals surface area contributed by atoms with Gasteiger partial charge in [0.1, 0.15) is 0 Å². The number of alkyl halides is 1. The third kappa shape index (κ3) is 3.97. The van der Waals surface area contributed by atoms with E-state index in [-0.39, 0.29) is 0 Å². The van der Waals surface area contributed by atoms with Crippen LogP contribution in [0.15, 0.2) is 23.4 Å². The number of hydrogen-bond acceptors (Lipinski definition) is 3. The summed E-state index contributed by atoms with van der Waals surface area (Å²) in [6, 6.07) is 2.46. The van der Waals surface area contributed by atoms with Crippen LogP contribution in [0.2, 0.25) is 0 Å². The van der Waals surface area contributed by atoms with Crippen molar-refractivity contribution in [2.24, 2.45) is 5.92 Å². The smallest absolute Gasteiger partial charge is 0.241 e. The summed E-state index contributed by atoms with van der Waals surface area (Å²) in [4.78, 5) is 4.04. The summed E-state index contributed by atoms with van der Waals surface area (Å²) in [6.07, 6.45) is 5.41. The summed E-state index contributed by atoms with van der Waals surface area (Å²) in [7, 11) is -3.86. The molecule has 1 aliphatic rings. The molecule has 0 saturated heterocycles. The van der Waals surface area contributed by atoms with Crippen molar-refractivity contribution >= 4 is 26.0 Å². The molecule has 19 heavy (non-hydrogen) atoms. The minimum Gasteiger partial charge on any atom is -0.241 e. The monoisotopic (exact) mass is 350 g/mol. The molecule has 7 heteroatoms. The summed E-state index contributed by atoms with van der Waals surface area (Å²) in [5, 5.41) is -0.527. The van der Waals surface area contributed by atoms with E-state index in [9.17, 15) is 12.8 Å². The largest absolute Gasteiger partial charge is 0.261 e. The second-order valence-corrected chi connectivity index (χ2v) is 7.75. The van der Waals surface area contributed by atoms with Crippen molar-refractivity contribution in [1.29, 1.82) is 0 Å². The van der Waals surface area contributed by atoms with Gasteiger partial charge in [-0.3, -0.25) is 0 Å². The van der Waals surface area contributed by atoms with E-state index in [1.165, 1.54) is 12.3 Å². The van der Waals surface area contributed by atoms with Crippen LogP contribution >= 0.6 is 15.9 Å². The summed E-state index contributed by atoms with van der Waals surface area (Å²) < 4.78 is 39.8. The lowest BCUT2D eigenvalue weighted by Gasteiger charge is -2.25. The molecule has 0 radical (unpaired) electrons. The Morgan fingerprint density at radius 3 is 2.95 bits per heavy atom. The number of nitrogens with zero attached hydrogens (tertiary/aromatic N) is 1. The van der Waals surface area contributed by atoms with E-state index < -0.39 is 20.9 Å². The Balaban J connectivity index is 2.00. The van der Waals surface area contributed by atoms with Crippen LogP contribution in [0.3, 0.4) is 0 Å². The SMILES string of the molecule is O=S(=O)(NCC1CCCC(Br)C1)c1ncccc1F. The van der Waals surface area contributed by atoms with E-state index in [1.807, 2.05) is 0 Å². The van der Waals surface area contributed by atoms with Gasteiger partial charge in [0, 0.05) is 17.6 Å². The average Bonchev–Trinajstić information content (AvgIpc) is 2.37. The predicted molar refractivity (Wildman–Crippen MR) is 74.1 cm³/mol. The first-order chi connectivity index (χ1) is 8.99. The fraction of sp³-hybridized carbons (Fsp3) is 0.583. The van der Waals surface area contributed by atoms with Crippen LogP contribution in [0.1, 0.15) is 25.7 Å². The molecule has 0 spiro atoms. The molecule has 1 heterocycles. The minimum atomic E-state index is -3.86. The number of sulfonamides is 1. The zero-order valence-electron chi connectivity index (χ0n) is 10.4. The van der Waals surface area contributed by atoms with Gasteiger partial charge in [0.2, 0.25) is 5.03 Å². The van der Waals surface area contributed by atoms with Crippen LogP contribution in [-0.2, 0) is 10.0 Å². The van der Waals surface area contributed by atoms with Gasteiger partial charge in [0.25, 0.3) is 10.0 Å². The van der Waals surface area contributed by atoms with Gasteiger partial charge in [-0.15, -0.1) is 0 Å². The van der Waals surface area contributed by atoms with Crippen molar-refractivity contribution in [1.82, 2.24) is 9.71 Å². The van der Waals surface area contributed by atoms with Gasteiger partial charge in [-0.25, -0.2) is 22.5 Å². The Labute approximate surface area is 121 Å². The second-order valence-electron chi connectivity index (χ2n) is 4.77. The minimum absolute atomic E-state index is 0.291. The summed E-state index contributed by atoms with van der Waals surface area (Å²) in [6.45, 7) is 0.334. The summed E-state index contributed by atoms with van der Waals surface area (Å²) >= 11 is 3.56. The number of aromatic nitrogens is 1. The number of hydrogen-bond donors (Lipinski definition) is 1. The molecule has 1 aliphatic carbocycles. The van der Waals surface area contributed by atoms with Crippen molar-refractivity contribution in [3.8, 4) is 0 Å². The lowest BCUT2D eigenvalue weighted by molar-refractivity contribution is 0.367. The molecular formula is C12H16BrFN2O2S. The standard InChI is InChI=1S/C12H16BrFN2O2S/c13-10-4-1-3-9(7-10)8-16-19(17,18)12-11(14)5-2-6-15-12/h2,5-6,9-10,16H,1,3-4,7-8H2. The van der Waals surface area contributed by atoms with Gasteiger partial charge in [-0.2, -0.15) is 0 Å². The van der Waals surface area contributed by atoms with Crippen molar-refractivity contribution in [3.05, 3.63) is 24.1 Å². The molecule has 0 bridgehead atoms. The van der Waals surface area contributed by atoms with Crippen molar-refractivity contribution in [2.45, 2.75) is 35.5 Å². The van der Waals surface area contributed by atoms with E-state index in [0.29, 0.717) is 17.3 Å². The summed E-state index contributed by atoms with van der Waals surface area (Å²) in [5.41, 5.74) is 0. The van der Waals surface area contributed by atoms with E-state index in [4.69, 9.17) is 0 Å². The fourth-order valence-corrected chi connectivity index (χ4v) is 4.24. The molecule has 0 amide bonds. The Morgan fingerprint density at radius 1 is 1.47 bits per heavy atom. The Kier molecular flexibility index (Phi) is 4.92. The van der Waals surface area contributed by atoms with Crippen LogP contribution < -0.4 is 4.72 Å². The van der Waals surface area contributed by atoms with Gasteiger partial charge >= 0.3 is 0 Å². The maximum atomic E-state index is 13.4. The molecule has 1 saturated carbocycles. The predicted octanol–water partition coefficient (Wildman–Crippen LogP) is 2.45. The third-order valence-electron chi connectivity index (χ3n) is 3.26.